The Balaban J connectivity index is 1.54. The first-order valence-corrected chi connectivity index (χ1v) is 9.16. The van der Waals surface area contributed by atoms with Crippen molar-refractivity contribution in [1.82, 2.24) is 19.5 Å². The van der Waals surface area contributed by atoms with Crippen LogP contribution in [0, 0.1) is 0 Å². The summed E-state index contributed by atoms with van der Waals surface area (Å²) < 4.78 is 1.43. The molecule has 8 heteroatoms. The van der Waals surface area contributed by atoms with Crippen molar-refractivity contribution in [3.8, 4) is 0 Å². The molecular weight excluding hydrogens is 338 g/mol. The molecule has 0 fully saturated rings. The third-order valence-electron chi connectivity index (χ3n) is 4.33. The molecule has 3 heterocycles. The highest BCUT2D eigenvalue weighted by atomic mass is 32.2. The van der Waals surface area contributed by atoms with Gasteiger partial charge >= 0.3 is 6.03 Å². The molecule has 25 heavy (non-hydrogen) atoms. The third kappa shape index (κ3) is 2.89. The number of hydrogen-bond donors (Lipinski definition) is 2. The number of thioether (sulfide) groups is 1. The molecule has 0 bridgehead atoms. The minimum absolute atomic E-state index is 0.0855. The lowest BCUT2D eigenvalue weighted by atomic mass is 10.1. The average Bonchev–Trinajstić information content (AvgIpc) is 3.11. The van der Waals surface area contributed by atoms with E-state index in [0.717, 1.165) is 10.6 Å². The molecule has 1 aliphatic rings. The number of H-pyrrole nitrogens is 1. The van der Waals surface area contributed by atoms with E-state index < -0.39 is 0 Å². The normalized spacial score (nSPS) is 13.7. The van der Waals surface area contributed by atoms with Crippen molar-refractivity contribution in [3.63, 3.8) is 0 Å². The third-order valence-corrected chi connectivity index (χ3v) is 5.07. The van der Waals surface area contributed by atoms with Crippen LogP contribution >= 0.6 is 11.8 Å². The summed E-state index contributed by atoms with van der Waals surface area (Å²) in [7, 11) is 0. The fourth-order valence-corrected chi connectivity index (χ4v) is 3.39. The molecule has 0 saturated heterocycles. The predicted octanol–water partition coefficient (Wildman–Crippen LogP) is 2.33. The van der Waals surface area contributed by atoms with Crippen LogP contribution < -0.4 is 10.9 Å². The Hall–Kier alpha value is -2.74. The molecule has 2 aromatic heterocycles. The molecule has 1 aromatic carbocycles. The maximum absolute atomic E-state index is 12.5. The van der Waals surface area contributed by atoms with Gasteiger partial charge in [0.2, 0.25) is 0 Å². The number of carbonyl (C=O) groups is 1. The van der Waals surface area contributed by atoms with Crippen molar-refractivity contribution < 1.29 is 4.79 Å². The van der Waals surface area contributed by atoms with Crippen LogP contribution in [0.1, 0.15) is 11.3 Å². The fraction of sp³-hybridized carbons (Fsp3) is 0.235. The Bertz CT molecular complexity index is 992. The van der Waals surface area contributed by atoms with E-state index in [1.165, 1.54) is 4.52 Å². The monoisotopic (exact) mass is 355 g/mol. The number of urea groups is 1. The number of benzene rings is 1. The zero-order chi connectivity index (χ0) is 17.4. The molecule has 3 aromatic rings. The molecule has 0 unspecified atom stereocenters. The molecule has 4 rings (SSSR count). The van der Waals surface area contributed by atoms with Gasteiger partial charge in [-0.25, -0.2) is 14.3 Å². The summed E-state index contributed by atoms with van der Waals surface area (Å²) in [6, 6.07) is 9.27. The average molecular weight is 355 g/mol. The Kier molecular flexibility index (Phi) is 3.96. The maximum atomic E-state index is 12.5. The number of aromatic amines is 1. The number of anilines is 1. The molecule has 2 amide bonds. The van der Waals surface area contributed by atoms with Gasteiger partial charge in [0.25, 0.3) is 5.56 Å². The van der Waals surface area contributed by atoms with Crippen molar-refractivity contribution >= 4 is 29.1 Å². The van der Waals surface area contributed by atoms with E-state index in [-0.39, 0.29) is 11.6 Å². The SMILES string of the molecule is CSc1ccc(NC(=O)N2CCc3c(nc4cc[nH]n4c3=O)C2)cc1. The van der Waals surface area contributed by atoms with Crippen LogP contribution in [0.3, 0.4) is 0 Å². The minimum atomic E-state index is -0.182. The summed E-state index contributed by atoms with van der Waals surface area (Å²) >= 11 is 1.65. The highest BCUT2D eigenvalue weighted by Crippen LogP contribution is 2.19. The van der Waals surface area contributed by atoms with Gasteiger partial charge in [-0.05, 0) is 36.9 Å². The number of hydrogen-bond acceptors (Lipinski definition) is 4. The van der Waals surface area contributed by atoms with E-state index in [9.17, 15) is 9.59 Å². The van der Waals surface area contributed by atoms with Crippen LogP contribution in [-0.2, 0) is 13.0 Å². The van der Waals surface area contributed by atoms with Gasteiger partial charge in [-0.2, -0.15) is 0 Å². The summed E-state index contributed by atoms with van der Waals surface area (Å²) in [5.41, 5.74) is 2.58. The summed E-state index contributed by atoms with van der Waals surface area (Å²) in [5, 5.41) is 5.76. The van der Waals surface area contributed by atoms with E-state index in [4.69, 9.17) is 0 Å². The van der Waals surface area contributed by atoms with E-state index >= 15 is 0 Å². The first-order valence-electron chi connectivity index (χ1n) is 7.93. The van der Waals surface area contributed by atoms with Crippen molar-refractivity contribution in [2.45, 2.75) is 17.9 Å². The second-order valence-electron chi connectivity index (χ2n) is 5.83. The van der Waals surface area contributed by atoms with Crippen molar-refractivity contribution in [1.29, 1.82) is 0 Å². The van der Waals surface area contributed by atoms with Crippen LogP contribution in [0.25, 0.3) is 5.65 Å². The molecular formula is C17H17N5O2S. The second-order valence-corrected chi connectivity index (χ2v) is 6.71. The van der Waals surface area contributed by atoms with Crippen LogP contribution in [0.15, 0.2) is 46.2 Å². The molecule has 0 saturated carbocycles. The Morgan fingerprint density at radius 3 is 2.84 bits per heavy atom. The van der Waals surface area contributed by atoms with Gasteiger partial charge in [0, 0.05) is 35.0 Å². The van der Waals surface area contributed by atoms with Gasteiger partial charge < -0.3 is 10.2 Å². The second kappa shape index (κ2) is 6.29. The van der Waals surface area contributed by atoms with Gasteiger partial charge in [0.15, 0.2) is 5.65 Å². The van der Waals surface area contributed by atoms with Gasteiger partial charge in [-0.1, -0.05) is 0 Å². The van der Waals surface area contributed by atoms with Crippen LogP contribution in [0.5, 0.6) is 0 Å². The number of nitrogens with one attached hydrogen (secondary N) is 2. The number of amides is 2. The topological polar surface area (TPSA) is 82.5 Å². The van der Waals surface area contributed by atoms with Crippen LogP contribution in [-0.4, -0.2) is 38.3 Å². The quantitative estimate of drug-likeness (QED) is 0.691. The highest BCUT2D eigenvalue weighted by Gasteiger charge is 2.25. The smallest absolute Gasteiger partial charge is 0.318 e. The lowest BCUT2D eigenvalue weighted by molar-refractivity contribution is 0.205. The van der Waals surface area contributed by atoms with E-state index in [1.54, 1.807) is 28.9 Å². The lowest BCUT2D eigenvalue weighted by Crippen LogP contribution is -2.41. The number of carbonyl (C=O) groups excluding carboxylic acids is 1. The number of aromatic nitrogens is 3. The summed E-state index contributed by atoms with van der Waals surface area (Å²) in [6.45, 7) is 0.826. The molecule has 0 spiro atoms. The maximum Gasteiger partial charge on any atom is 0.322 e. The first-order chi connectivity index (χ1) is 12.2. The van der Waals surface area contributed by atoms with Crippen molar-refractivity contribution in [2.75, 3.05) is 18.1 Å². The van der Waals surface area contributed by atoms with Gasteiger partial charge in [-0.15, -0.1) is 11.8 Å². The van der Waals surface area contributed by atoms with E-state index in [1.807, 2.05) is 30.5 Å². The number of nitrogens with zero attached hydrogens (tertiary/aromatic N) is 3. The lowest BCUT2D eigenvalue weighted by Gasteiger charge is -2.27. The summed E-state index contributed by atoms with van der Waals surface area (Å²) in [4.78, 5) is 32.3. The Labute approximate surface area is 148 Å². The fourth-order valence-electron chi connectivity index (χ4n) is 2.98. The zero-order valence-electron chi connectivity index (χ0n) is 13.7. The molecule has 0 atom stereocenters. The molecule has 7 nitrogen and oxygen atoms in total. The number of fused-ring (bicyclic) bond motifs is 2. The standard InChI is InChI=1S/C17H17N5O2S/c1-25-12-4-2-11(3-5-12)19-17(24)21-9-7-13-14(10-21)20-15-6-8-18-22(15)16(13)23/h2-6,8,18H,7,9-10H2,1H3,(H,19,24). The summed E-state index contributed by atoms with van der Waals surface area (Å²) in [5.74, 6) is 0. The predicted molar refractivity (Wildman–Crippen MR) is 97.2 cm³/mol. The van der Waals surface area contributed by atoms with Crippen molar-refractivity contribution in [2.24, 2.45) is 0 Å². The zero-order valence-corrected chi connectivity index (χ0v) is 14.5. The van der Waals surface area contributed by atoms with Crippen LogP contribution in [0.2, 0.25) is 0 Å². The van der Waals surface area contributed by atoms with Crippen molar-refractivity contribution in [3.05, 3.63) is 58.1 Å². The van der Waals surface area contributed by atoms with Gasteiger partial charge in [0.1, 0.15) is 0 Å². The minimum Gasteiger partial charge on any atom is -0.318 e. The Morgan fingerprint density at radius 2 is 2.08 bits per heavy atom. The molecule has 0 radical (unpaired) electrons. The Morgan fingerprint density at radius 1 is 1.28 bits per heavy atom. The van der Waals surface area contributed by atoms with Gasteiger partial charge in [-0.3, -0.25) is 9.89 Å². The molecule has 2 N–H and O–H groups in total. The van der Waals surface area contributed by atoms with E-state index in [0.29, 0.717) is 36.4 Å². The molecule has 1 aliphatic heterocycles. The summed E-state index contributed by atoms with van der Waals surface area (Å²) in [6.07, 6.45) is 4.19. The largest absolute Gasteiger partial charge is 0.322 e. The number of rotatable bonds is 2. The first kappa shape index (κ1) is 15.8. The highest BCUT2D eigenvalue weighted by molar-refractivity contribution is 7.98. The van der Waals surface area contributed by atoms with Crippen LogP contribution in [0.4, 0.5) is 10.5 Å². The van der Waals surface area contributed by atoms with Gasteiger partial charge in [0.05, 0.1) is 12.2 Å². The molecule has 128 valence electrons. The van der Waals surface area contributed by atoms with E-state index in [2.05, 4.69) is 15.4 Å². The molecule has 0 aliphatic carbocycles.